The molecular weight excluding hydrogens is 321 g/mol. The summed E-state index contributed by atoms with van der Waals surface area (Å²) < 4.78 is 20.5. The Bertz CT molecular complexity index is 624. The largest absolute Gasteiger partial charge is 0.493 e. The Labute approximate surface area is 125 Å². The zero-order chi connectivity index (χ0) is 14.1. The number of benzene rings is 2. The molecule has 0 amide bonds. The standard InChI is InChI=1S/C16H15BrFNO/c17-12-7-2-8-13(18)14(12)15(19)11-6-1-4-10-5-3-9-20-16(10)11/h1-2,4,6-8,15H,3,5,9,19H2. The molecule has 2 N–H and O–H groups in total. The third-order valence-corrected chi connectivity index (χ3v) is 4.30. The fraction of sp³-hybridized carbons (Fsp3) is 0.250. The van der Waals surface area contributed by atoms with Crippen molar-refractivity contribution in [1.29, 1.82) is 0 Å². The van der Waals surface area contributed by atoms with Crippen LogP contribution in [0.5, 0.6) is 5.75 Å². The highest BCUT2D eigenvalue weighted by atomic mass is 79.9. The number of rotatable bonds is 2. The lowest BCUT2D eigenvalue weighted by Crippen LogP contribution is -2.18. The van der Waals surface area contributed by atoms with E-state index < -0.39 is 6.04 Å². The quantitative estimate of drug-likeness (QED) is 0.901. The van der Waals surface area contributed by atoms with E-state index in [1.54, 1.807) is 12.1 Å². The maximum Gasteiger partial charge on any atom is 0.129 e. The number of hydrogen-bond donors (Lipinski definition) is 1. The van der Waals surface area contributed by atoms with Crippen molar-refractivity contribution in [3.05, 3.63) is 63.4 Å². The minimum Gasteiger partial charge on any atom is -0.493 e. The van der Waals surface area contributed by atoms with Crippen LogP contribution in [-0.4, -0.2) is 6.61 Å². The van der Waals surface area contributed by atoms with Gasteiger partial charge >= 0.3 is 0 Å². The van der Waals surface area contributed by atoms with E-state index in [1.807, 2.05) is 18.2 Å². The number of hydrogen-bond acceptors (Lipinski definition) is 2. The SMILES string of the molecule is NC(c1cccc2c1OCCC2)c1c(F)cccc1Br. The molecule has 2 aromatic carbocycles. The van der Waals surface area contributed by atoms with E-state index in [1.165, 1.54) is 6.07 Å². The molecule has 0 bridgehead atoms. The number of aryl methyl sites for hydroxylation is 1. The zero-order valence-corrected chi connectivity index (χ0v) is 12.5. The maximum atomic E-state index is 14.1. The van der Waals surface area contributed by atoms with Crippen LogP contribution in [0.25, 0.3) is 0 Å². The molecule has 0 aromatic heterocycles. The van der Waals surface area contributed by atoms with E-state index in [2.05, 4.69) is 15.9 Å². The summed E-state index contributed by atoms with van der Waals surface area (Å²) in [7, 11) is 0. The Hall–Kier alpha value is -1.39. The molecule has 1 unspecified atom stereocenters. The second-order valence-electron chi connectivity index (χ2n) is 4.90. The maximum absolute atomic E-state index is 14.1. The van der Waals surface area contributed by atoms with Gasteiger partial charge in [0.1, 0.15) is 11.6 Å². The molecule has 1 aliphatic rings. The molecule has 0 spiro atoms. The topological polar surface area (TPSA) is 35.2 Å². The minimum atomic E-state index is -0.543. The predicted molar refractivity (Wildman–Crippen MR) is 80.4 cm³/mol. The molecule has 0 aliphatic carbocycles. The van der Waals surface area contributed by atoms with Crippen molar-refractivity contribution >= 4 is 15.9 Å². The summed E-state index contributed by atoms with van der Waals surface area (Å²) in [5.41, 5.74) is 8.75. The molecule has 0 radical (unpaired) electrons. The first-order valence-corrected chi connectivity index (χ1v) is 7.42. The van der Waals surface area contributed by atoms with Gasteiger partial charge < -0.3 is 10.5 Å². The molecule has 2 nitrogen and oxygen atoms in total. The van der Waals surface area contributed by atoms with Gasteiger partial charge in [-0.15, -0.1) is 0 Å². The zero-order valence-electron chi connectivity index (χ0n) is 10.9. The Morgan fingerprint density at radius 1 is 1.20 bits per heavy atom. The molecule has 1 aliphatic heterocycles. The highest BCUT2D eigenvalue weighted by molar-refractivity contribution is 9.10. The van der Waals surface area contributed by atoms with Gasteiger partial charge in [-0.25, -0.2) is 4.39 Å². The lowest BCUT2D eigenvalue weighted by atomic mass is 9.94. The van der Waals surface area contributed by atoms with Crippen LogP contribution < -0.4 is 10.5 Å². The van der Waals surface area contributed by atoms with Gasteiger partial charge in [-0.05, 0) is 30.5 Å². The lowest BCUT2D eigenvalue weighted by Gasteiger charge is -2.24. The molecule has 20 heavy (non-hydrogen) atoms. The van der Waals surface area contributed by atoms with E-state index in [4.69, 9.17) is 10.5 Å². The van der Waals surface area contributed by atoms with E-state index in [0.717, 1.165) is 29.7 Å². The summed E-state index contributed by atoms with van der Waals surface area (Å²) in [6.45, 7) is 0.690. The Morgan fingerprint density at radius 2 is 2.00 bits per heavy atom. The Kier molecular flexibility index (Phi) is 3.76. The molecule has 3 rings (SSSR count). The van der Waals surface area contributed by atoms with Gasteiger partial charge in [-0.2, -0.15) is 0 Å². The fourth-order valence-corrected chi connectivity index (χ4v) is 3.21. The van der Waals surface area contributed by atoms with Crippen molar-refractivity contribution in [1.82, 2.24) is 0 Å². The van der Waals surface area contributed by atoms with Gasteiger partial charge in [0, 0.05) is 15.6 Å². The number of para-hydroxylation sites is 1. The third-order valence-electron chi connectivity index (χ3n) is 3.61. The first kappa shape index (κ1) is 13.6. The van der Waals surface area contributed by atoms with Gasteiger partial charge in [-0.3, -0.25) is 0 Å². The Morgan fingerprint density at radius 3 is 2.80 bits per heavy atom. The van der Waals surface area contributed by atoms with E-state index >= 15 is 0 Å². The third kappa shape index (κ3) is 2.34. The predicted octanol–water partition coefficient (Wildman–Crippen LogP) is 3.96. The molecule has 1 heterocycles. The molecular formula is C16H15BrFNO. The van der Waals surface area contributed by atoms with E-state index in [-0.39, 0.29) is 5.82 Å². The molecule has 0 saturated heterocycles. The summed E-state index contributed by atoms with van der Waals surface area (Å²) in [5, 5.41) is 0. The van der Waals surface area contributed by atoms with Crippen LogP contribution in [-0.2, 0) is 6.42 Å². The molecule has 1 atom stereocenters. The molecule has 0 saturated carbocycles. The fourth-order valence-electron chi connectivity index (χ4n) is 2.62. The smallest absolute Gasteiger partial charge is 0.129 e. The van der Waals surface area contributed by atoms with Crippen LogP contribution in [0, 0.1) is 5.82 Å². The minimum absolute atomic E-state index is 0.305. The van der Waals surface area contributed by atoms with Gasteiger partial charge in [0.05, 0.1) is 12.6 Å². The number of nitrogens with two attached hydrogens (primary N) is 1. The summed E-state index contributed by atoms with van der Waals surface area (Å²) in [4.78, 5) is 0. The highest BCUT2D eigenvalue weighted by Gasteiger charge is 2.23. The van der Waals surface area contributed by atoms with Crippen molar-refractivity contribution in [3.63, 3.8) is 0 Å². The summed E-state index contributed by atoms with van der Waals surface area (Å²) in [6.07, 6.45) is 1.99. The van der Waals surface area contributed by atoms with E-state index in [0.29, 0.717) is 16.6 Å². The number of halogens is 2. The van der Waals surface area contributed by atoms with Gasteiger partial charge in [0.25, 0.3) is 0 Å². The lowest BCUT2D eigenvalue weighted by molar-refractivity contribution is 0.284. The second-order valence-corrected chi connectivity index (χ2v) is 5.75. The van der Waals surface area contributed by atoms with Crippen molar-refractivity contribution in [2.45, 2.75) is 18.9 Å². The van der Waals surface area contributed by atoms with Crippen molar-refractivity contribution < 1.29 is 9.13 Å². The van der Waals surface area contributed by atoms with Crippen LogP contribution in [0.2, 0.25) is 0 Å². The van der Waals surface area contributed by atoms with Crippen molar-refractivity contribution in [3.8, 4) is 5.75 Å². The van der Waals surface area contributed by atoms with Crippen LogP contribution in [0.3, 0.4) is 0 Å². The second kappa shape index (κ2) is 5.54. The summed E-state index contributed by atoms with van der Waals surface area (Å²) in [5.74, 6) is 0.515. The van der Waals surface area contributed by atoms with Crippen LogP contribution in [0.4, 0.5) is 4.39 Å². The summed E-state index contributed by atoms with van der Waals surface area (Å²) in [6, 6.07) is 10.3. The van der Waals surface area contributed by atoms with Gasteiger partial charge in [0.15, 0.2) is 0 Å². The van der Waals surface area contributed by atoms with E-state index in [9.17, 15) is 4.39 Å². The average Bonchev–Trinajstić information content (AvgIpc) is 2.46. The van der Waals surface area contributed by atoms with Crippen LogP contribution >= 0.6 is 15.9 Å². The molecule has 4 heteroatoms. The normalized spacial score (nSPS) is 15.3. The van der Waals surface area contributed by atoms with Crippen LogP contribution in [0.15, 0.2) is 40.9 Å². The van der Waals surface area contributed by atoms with Crippen molar-refractivity contribution in [2.24, 2.45) is 5.73 Å². The van der Waals surface area contributed by atoms with Gasteiger partial charge in [0.2, 0.25) is 0 Å². The highest BCUT2D eigenvalue weighted by Crippen LogP contribution is 2.37. The monoisotopic (exact) mass is 335 g/mol. The Balaban J connectivity index is 2.09. The number of fused-ring (bicyclic) bond motifs is 1. The molecule has 104 valence electrons. The van der Waals surface area contributed by atoms with Crippen molar-refractivity contribution in [2.75, 3.05) is 6.61 Å². The van der Waals surface area contributed by atoms with Crippen LogP contribution in [0.1, 0.15) is 29.2 Å². The van der Waals surface area contributed by atoms with Gasteiger partial charge in [-0.1, -0.05) is 40.2 Å². The average molecular weight is 336 g/mol. The molecule has 0 fully saturated rings. The first-order chi connectivity index (χ1) is 9.68. The first-order valence-electron chi connectivity index (χ1n) is 6.62. The number of ether oxygens (including phenoxy) is 1. The molecule has 2 aromatic rings. The summed E-state index contributed by atoms with van der Waals surface area (Å²) >= 11 is 3.38.